The summed E-state index contributed by atoms with van der Waals surface area (Å²) in [6.45, 7) is 1.50. The highest BCUT2D eigenvalue weighted by molar-refractivity contribution is 6.35. The molecule has 0 fully saturated rings. The number of hydrogen-bond acceptors (Lipinski definition) is 4. The second-order valence-electron chi connectivity index (χ2n) is 6.60. The van der Waals surface area contributed by atoms with E-state index >= 15 is 0 Å². The Morgan fingerprint density at radius 2 is 2.11 bits per heavy atom. The van der Waals surface area contributed by atoms with Gasteiger partial charge in [0.1, 0.15) is 11.6 Å². The third kappa shape index (κ3) is 4.18. The Labute approximate surface area is 166 Å². The van der Waals surface area contributed by atoms with E-state index in [4.69, 9.17) is 27.9 Å². The molecule has 0 saturated carbocycles. The molecular formula is C19H19Cl2FN4O. The van der Waals surface area contributed by atoms with Gasteiger partial charge in [0.2, 0.25) is 5.95 Å². The minimum atomic E-state index is -0.512. The topological polar surface area (TPSA) is 62.8 Å². The van der Waals surface area contributed by atoms with E-state index in [-0.39, 0.29) is 6.04 Å². The van der Waals surface area contributed by atoms with E-state index in [0.717, 1.165) is 54.9 Å². The molecule has 1 aliphatic rings. The van der Waals surface area contributed by atoms with Crippen molar-refractivity contribution in [2.45, 2.75) is 31.7 Å². The van der Waals surface area contributed by atoms with Gasteiger partial charge in [0.25, 0.3) is 0 Å². The zero-order chi connectivity index (χ0) is 18.8. The lowest BCUT2D eigenvalue weighted by molar-refractivity contribution is 0.252. The Hall–Kier alpha value is -1.89. The van der Waals surface area contributed by atoms with E-state index in [1.807, 2.05) is 6.07 Å². The molecule has 27 heavy (non-hydrogen) atoms. The summed E-state index contributed by atoms with van der Waals surface area (Å²) in [7, 11) is 0. The van der Waals surface area contributed by atoms with E-state index in [9.17, 15) is 4.39 Å². The van der Waals surface area contributed by atoms with Crippen molar-refractivity contribution in [3.05, 3.63) is 51.6 Å². The number of aryl methyl sites for hydroxylation is 1. The number of fused-ring (bicyclic) bond motifs is 2. The van der Waals surface area contributed by atoms with E-state index in [0.29, 0.717) is 22.3 Å². The smallest absolute Gasteiger partial charge is 0.215 e. The molecule has 1 aliphatic heterocycles. The SMILES string of the molecule is Fc1ccc2[nH]c(CCCCN[C@@H]3CCOc4c(Cl)cc(Cl)cc43)nc2n1. The molecule has 0 unspecified atom stereocenters. The van der Waals surface area contributed by atoms with Crippen molar-refractivity contribution in [1.29, 1.82) is 0 Å². The first-order valence-corrected chi connectivity index (χ1v) is 9.72. The quantitative estimate of drug-likeness (QED) is 0.452. The molecule has 0 radical (unpaired) electrons. The van der Waals surface area contributed by atoms with Crippen LogP contribution in [0.2, 0.25) is 10.0 Å². The molecular weight excluding hydrogens is 390 g/mol. The van der Waals surface area contributed by atoms with Crippen LogP contribution < -0.4 is 10.1 Å². The molecule has 3 heterocycles. The molecule has 142 valence electrons. The number of H-pyrrole nitrogens is 1. The normalized spacial score (nSPS) is 16.3. The van der Waals surface area contributed by atoms with Gasteiger partial charge >= 0.3 is 0 Å². The number of imidazole rings is 1. The Morgan fingerprint density at radius 3 is 3.00 bits per heavy atom. The highest BCUT2D eigenvalue weighted by Crippen LogP contribution is 2.39. The minimum absolute atomic E-state index is 0.184. The summed E-state index contributed by atoms with van der Waals surface area (Å²) in [6.07, 6.45) is 3.62. The van der Waals surface area contributed by atoms with E-state index in [1.54, 1.807) is 12.1 Å². The number of nitrogens with one attached hydrogen (secondary N) is 2. The van der Waals surface area contributed by atoms with Gasteiger partial charge in [0.05, 0.1) is 17.1 Å². The highest BCUT2D eigenvalue weighted by Gasteiger charge is 2.23. The molecule has 0 bridgehead atoms. The first-order valence-electron chi connectivity index (χ1n) is 8.96. The first-order chi connectivity index (χ1) is 13.1. The maximum atomic E-state index is 13.1. The Bertz CT molecular complexity index is 962. The lowest BCUT2D eigenvalue weighted by Gasteiger charge is -2.27. The van der Waals surface area contributed by atoms with Crippen molar-refractivity contribution >= 4 is 34.4 Å². The number of pyridine rings is 1. The van der Waals surface area contributed by atoms with Crippen LogP contribution in [0.25, 0.3) is 11.2 Å². The summed E-state index contributed by atoms with van der Waals surface area (Å²) in [5.74, 6) is 1.05. The number of hydrogen-bond donors (Lipinski definition) is 2. The lowest BCUT2D eigenvalue weighted by atomic mass is 10.0. The standard InChI is InChI=1S/C19H19Cl2FN4O/c20-11-9-12-14(6-8-27-18(12)13(21)10-11)23-7-2-1-3-17-24-15-4-5-16(22)25-19(15)26-17/h4-5,9-10,14,23H,1-3,6-8H2,(H,24,25,26)/t14-/m1/s1. The molecule has 3 aromatic rings. The van der Waals surface area contributed by atoms with Crippen molar-refractivity contribution < 1.29 is 9.13 Å². The summed E-state index contributed by atoms with van der Waals surface area (Å²) in [5.41, 5.74) is 2.21. The molecule has 5 nitrogen and oxygen atoms in total. The van der Waals surface area contributed by atoms with Gasteiger partial charge in [-0.1, -0.05) is 23.2 Å². The molecule has 0 spiro atoms. The zero-order valence-electron chi connectivity index (χ0n) is 14.6. The molecule has 1 aromatic carbocycles. The number of benzene rings is 1. The summed E-state index contributed by atoms with van der Waals surface area (Å²) in [6, 6.07) is 6.80. The van der Waals surface area contributed by atoms with Gasteiger partial charge in [0.15, 0.2) is 5.65 Å². The predicted molar refractivity (Wildman–Crippen MR) is 104 cm³/mol. The van der Waals surface area contributed by atoms with Crippen LogP contribution >= 0.6 is 23.2 Å². The number of aromatic nitrogens is 3. The molecule has 2 N–H and O–H groups in total. The maximum absolute atomic E-state index is 13.1. The van der Waals surface area contributed by atoms with Gasteiger partial charge in [-0.05, 0) is 43.7 Å². The summed E-state index contributed by atoms with van der Waals surface area (Å²) in [4.78, 5) is 11.3. The largest absolute Gasteiger partial charge is 0.492 e. The average Bonchev–Trinajstić information content (AvgIpc) is 3.03. The molecule has 8 heteroatoms. The molecule has 2 aromatic heterocycles. The van der Waals surface area contributed by atoms with Crippen molar-refractivity contribution in [2.24, 2.45) is 0 Å². The first kappa shape index (κ1) is 18.5. The fraction of sp³-hybridized carbons (Fsp3) is 0.368. The molecule has 0 saturated heterocycles. The van der Waals surface area contributed by atoms with Gasteiger partial charge in [-0.2, -0.15) is 9.37 Å². The lowest BCUT2D eigenvalue weighted by Crippen LogP contribution is -2.28. The van der Waals surface area contributed by atoms with Crippen molar-refractivity contribution in [3.63, 3.8) is 0 Å². The zero-order valence-corrected chi connectivity index (χ0v) is 16.1. The van der Waals surface area contributed by atoms with Crippen LogP contribution in [0.5, 0.6) is 5.75 Å². The second-order valence-corrected chi connectivity index (χ2v) is 7.44. The number of nitrogens with zero attached hydrogens (tertiary/aromatic N) is 2. The van der Waals surface area contributed by atoms with E-state index in [1.165, 1.54) is 6.07 Å². The van der Waals surface area contributed by atoms with Gasteiger partial charge in [-0.15, -0.1) is 0 Å². The molecule has 1 atom stereocenters. The van der Waals surface area contributed by atoms with Gasteiger partial charge in [-0.3, -0.25) is 0 Å². The van der Waals surface area contributed by atoms with E-state index < -0.39 is 5.95 Å². The fourth-order valence-corrected chi connectivity index (χ4v) is 3.93. The summed E-state index contributed by atoms with van der Waals surface area (Å²) < 4.78 is 18.8. The number of aromatic amines is 1. The van der Waals surface area contributed by atoms with Crippen LogP contribution in [0, 0.1) is 5.95 Å². The maximum Gasteiger partial charge on any atom is 0.215 e. The highest BCUT2D eigenvalue weighted by atomic mass is 35.5. The van der Waals surface area contributed by atoms with Crippen LogP contribution in [-0.4, -0.2) is 28.1 Å². The third-order valence-corrected chi connectivity index (χ3v) is 5.16. The van der Waals surface area contributed by atoms with Gasteiger partial charge in [0, 0.05) is 29.5 Å². The van der Waals surface area contributed by atoms with Crippen LogP contribution in [-0.2, 0) is 6.42 Å². The number of halogens is 3. The number of ether oxygens (including phenoxy) is 1. The summed E-state index contributed by atoms with van der Waals surface area (Å²) >= 11 is 12.4. The predicted octanol–water partition coefficient (Wildman–Crippen LogP) is 4.84. The van der Waals surface area contributed by atoms with Crippen molar-refractivity contribution in [2.75, 3.05) is 13.2 Å². The number of unbranched alkanes of at least 4 members (excludes halogenated alkanes) is 1. The number of rotatable bonds is 6. The Balaban J connectivity index is 1.29. The second kappa shape index (κ2) is 8.00. The third-order valence-electron chi connectivity index (χ3n) is 4.66. The van der Waals surface area contributed by atoms with Crippen molar-refractivity contribution in [1.82, 2.24) is 20.3 Å². The van der Waals surface area contributed by atoms with Gasteiger partial charge in [-0.25, -0.2) is 4.98 Å². The van der Waals surface area contributed by atoms with Crippen LogP contribution in [0.1, 0.15) is 36.7 Å². The molecule has 0 amide bonds. The summed E-state index contributed by atoms with van der Waals surface area (Å²) in [5, 5.41) is 4.73. The monoisotopic (exact) mass is 408 g/mol. The van der Waals surface area contributed by atoms with Crippen LogP contribution in [0.15, 0.2) is 24.3 Å². The molecule has 4 rings (SSSR count). The average molecular weight is 409 g/mol. The Kier molecular flexibility index (Phi) is 5.48. The minimum Gasteiger partial charge on any atom is -0.492 e. The van der Waals surface area contributed by atoms with E-state index in [2.05, 4.69) is 20.3 Å². The van der Waals surface area contributed by atoms with Gasteiger partial charge < -0.3 is 15.0 Å². The molecule has 0 aliphatic carbocycles. The van der Waals surface area contributed by atoms with Crippen LogP contribution in [0.3, 0.4) is 0 Å². The fourth-order valence-electron chi connectivity index (χ4n) is 3.37. The Morgan fingerprint density at radius 1 is 1.22 bits per heavy atom. The van der Waals surface area contributed by atoms with Crippen LogP contribution in [0.4, 0.5) is 4.39 Å². The van der Waals surface area contributed by atoms with Crippen molar-refractivity contribution in [3.8, 4) is 5.75 Å².